The van der Waals surface area contributed by atoms with Crippen LogP contribution in [0, 0.1) is 23.4 Å². The first-order valence-corrected chi connectivity index (χ1v) is 9.29. The molecule has 0 amide bonds. The first kappa shape index (κ1) is 19.5. The number of rotatable bonds is 3. The molecule has 2 fully saturated rings. The SMILES string of the molecule is NC1[C@@H]2CN(c3nc4c(cc3F)c(=O)c(C(=O)O)cn4-c3ccc(F)cc3F)CC12O. The summed E-state index contributed by atoms with van der Waals surface area (Å²) in [5, 5.41) is 19.4. The molecule has 11 heteroatoms. The summed E-state index contributed by atoms with van der Waals surface area (Å²) in [6.07, 6.45) is 0.864. The number of aliphatic hydroxyl groups is 1. The fraction of sp³-hybridized carbons (Fsp3) is 0.250. The molecule has 5 rings (SSSR count). The zero-order valence-corrected chi connectivity index (χ0v) is 15.7. The maximum atomic E-state index is 14.9. The molecule has 1 saturated heterocycles. The van der Waals surface area contributed by atoms with Crippen molar-refractivity contribution in [3.8, 4) is 5.69 Å². The number of halogens is 3. The van der Waals surface area contributed by atoms with Crippen LogP contribution in [-0.4, -0.2) is 50.5 Å². The highest BCUT2D eigenvalue weighted by Gasteiger charge is 2.67. The second-order valence-electron chi connectivity index (χ2n) is 7.81. The zero-order chi connectivity index (χ0) is 22.2. The van der Waals surface area contributed by atoms with Crippen molar-refractivity contribution in [2.75, 3.05) is 18.0 Å². The molecule has 2 aliphatic rings. The van der Waals surface area contributed by atoms with E-state index in [-0.39, 0.29) is 41.5 Å². The Hall–Kier alpha value is -3.44. The molecule has 160 valence electrons. The van der Waals surface area contributed by atoms with E-state index in [9.17, 15) is 33.0 Å². The number of anilines is 1. The Morgan fingerprint density at radius 2 is 1.97 bits per heavy atom. The lowest BCUT2D eigenvalue weighted by atomic mass is 10.1. The van der Waals surface area contributed by atoms with E-state index < -0.39 is 46.1 Å². The number of carboxylic acids is 1. The van der Waals surface area contributed by atoms with E-state index in [4.69, 9.17) is 5.73 Å². The minimum Gasteiger partial charge on any atom is -0.477 e. The van der Waals surface area contributed by atoms with Gasteiger partial charge in [0.05, 0.1) is 17.6 Å². The van der Waals surface area contributed by atoms with Crippen molar-refractivity contribution in [1.29, 1.82) is 0 Å². The van der Waals surface area contributed by atoms with E-state index in [1.807, 2.05) is 0 Å². The van der Waals surface area contributed by atoms with Crippen LogP contribution in [-0.2, 0) is 0 Å². The van der Waals surface area contributed by atoms with Crippen LogP contribution in [0.15, 0.2) is 35.3 Å². The number of hydrogen-bond donors (Lipinski definition) is 3. The molecule has 3 aromatic rings. The van der Waals surface area contributed by atoms with Gasteiger partial charge in [-0.15, -0.1) is 0 Å². The van der Waals surface area contributed by atoms with Crippen LogP contribution in [0.25, 0.3) is 16.7 Å². The first-order valence-electron chi connectivity index (χ1n) is 9.29. The number of aromatic nitrogens is 2. The third-order valence-electron chi connectivity index (χ3n) is 6.02. The molecule has 3 heterocycles. The number of fused-ring (bicyclic) bond motifs is 2. The third-order valence-corrected chi connectivity index (χ3v) is 6.02. The maximum Gasteiger partial charge on any atom is 0.341 e. The molecule has 0 spiro atoms. The van der Waals surface area contributed by atoms with Gasteiger partial charge < -0.3 is 20.8 Å². The molecule has 2 unspecified atom stereocenters. The normalized spacial score (nSPS) is 24.5. The Labute approximate surface area is 172 Å². The summed E-state index contributed by atoms with van der Waals surface area (Å²) < 4.78 is 43.7. The van der Waals surface area contributed by atoms with Crippen LogP contribution in [0.2, 0.25) is 0 Å². The molecule has 3 atom stereocenters. The van der Waals surface area contributed by atoms with E-state index in [1.165, 1.54) is 4.90 Å². The number of carbonyl (C=O) groups is 1. The molecular formula is C20H15F3N4O4. The predicted octanol–water partition coefficient (Wildman–Crippen LogP) is 1.01. The molecule has 0 radical (unpaired) electrons. The lowest BCUT2D eigenvalue weighted by molar-refractivity contribution is 0.0695. The van der Waals surface area contributed by atoms with E-state index in [0.29, 0.717) is 6.07 Å². The second-order valence-corrected chi connectivity index (χ2v) is 7.81. The quantitative estimate of drug-likeness (QED) is 0.565. The molecule has 8 nitrogen and oxygen atoms in total. The zero-order valence-electron chi connectivity index (χ0n) is 15.7. The molecule has 2 aromatic heterocycles. The van der Waals surface area contributed by atoms with Crippen LogP contribution < -0.4 is 16.1 Å². The van der Waals surface area contributed by atoms with Crippen LogP contribution in [0.1, 0.15) is 10.4 Å². The summed E-state index contributed by atoms with van der Waals surface area (Å²) in [4.78, 5) is 29.8. The van der Waals surface area contributed by atoms with Crippen molar-refractivity contribution in [3.05, 3.63) is 63.7 Å². The van der Waals surface area contributed by atoms with Crippen molar-refractivity contribution < 1.29 is 28.2 Å². The van der Waals surface area contributed by atoms with Gasteiger partial charge in [0.2, 0.25) is 5.43 Å². The molecular weight excluding hydrogens is 417 g/mol. The van der Waals surface area contributed by atoms with Crippen molar-refractivity contribution in [2.24, 2.45) is 11.7 Å². The van der Waals surface area contributed by atoms with Crippen LogP contribution in [0.4, 0.5) is 19.0 Å². The smallest absolute Gasteiger partial charge is 0.341 e. The van der Waals surface area contributed by atoms with Crippen LogP contribution in [0.5, 0.6) is 0 Å². The summed E-state index contributed by atoms with van der Waals surface area (Å²) >= 11 is 0. The van der Waals surface area contributed by atoms with Crippen LogP contribution in [0.3, 0.4) is 0 Å². The van der Waals surface area contributed by atoms with Gasteiger partial charge in [0, 0.05) is 30.8 Å². The Morgan fingerprint density at radius 3 is 2.58 bits per heavy atom. The standard InChI is InChI=1S/C20H15F3N4O4/c21-8-1-2-14(12(22)3-8)27-5-10(19(29)30)15(28)9-4-13(23)18(25-17(9)27)26-6-11-16(24)20(11,31)7-26/h1-5,11,16,31H,6-7,24H2,(H,29,30)/t11-,16?,20?/m0/s1. The van der Waals surface area contributed by atoms with Gasteiger partial charge in [0.25, 0.3) is 0 Å². The number of aromatic carboxylic acids is 1. The van der Waals surface area contributed by atoms with E-state index in [2.05, 4.69) is 4.98 Å². The summed E-state index contributed by atoms with van der Waals surface area (Å²) in [6, 6.07) is 3.01. The van der Waals surface area contributed by atoms with E-state index in [1.54, 1.807) is 0 Å². The second kappa shape index (κ2) is 6.28. The molecule has 1 saturated carbocycles. The monoisotopic (exact) mass is 432 g/mol. The molecule has 4 N–H and O–H groups in total. The van der Waals surface area contributed by atoms with Crippen molar-refractivity contribution >= 4 is 22.8 Å². The number of hydrogen-bond acceptors (Lipinski definition) is 6. The molecule has 1 aromatic carbocycles. The topological polar surface area (TPSA) is 122 Å². The van der Waals surface area contributed by atoms with Crippen LogP contribution >= 0.6 is 0 Å². The lowest BCUT2D eigenvalue weighted by Crippen LogP contribution is -2.36. The van der Waals surface area contributed by atoms with Gasteiger partial charge >= 0.3 is 5.97 Å². The van der Waals surface area contributed by atoms with E-state index >= 15 is 0 Å². The molecule has 1 aliphatic carbocycles. The minimum atomic E-state index is -1.59. The minimum absolute atomic E-state index is 0.0244. The largest absolute Gasteiger partial charge is 0.477 e. The summed E-state index contributed by atoms with van der Waals surface area (Å²) in [5.74, 6) is -4.84. The number of benzene rings is 1. The van der Waals surface area contributed by atoms with Crippen molar-refractivity contribution in [3.63, 3.8) is 0 Å². The fourth-order valence-electron chi connectivity index (χ4n) is 4.25. The Morgan fingerprint density at radius 1 is 1.23 bits per heavy atom. The predicted molar refractivity (Wildman–Crippen MR) is 103 cm³/mol. The molecule has 1 aliphatic heterocycles. The first-order chi connectivity index (χ1) is 14.6. The maximum absolute atomic E-state index is 14.9. The van der Waals surface area contributed by atoms with Crippen molar-refractivity contribution in [1.82, 2.24) is 9.55 Å². The number of nitrogens with two attached hydrogens (primary N) is 1. The summed E-state index contributed by atoms with van der Waals surface area (Å²) in [5.41, 5.74) is 2.44. The Bertz CT molecular complexity index is 1340. The fourth-order valence-corrected chi connectivity index (χ4v) is 4.25. The average Bonchev–Trinajstić information content (AvgIpc) is 3.03. The lowest BCUT2D eigenvalue weighted by Gasteiger charge is -2.23. The highest BCUT2D eigenvalue weighted by atomic mass is 19.1. The number of nitrogens with zero attached hydrogens (tertiary/aromatic N) is 3. The highest BCUT2D eigenvalue weighted by Crippen LogP contribution is 2.49. The molecule has 0 bridgehead atoms. The van der Waals surface area contributed by atoms with Gasteiger partial charge in [-0.1, -0.05) is 0 Å². The Kier molecular flexibility index (Phi) is 3.95. The van der Waals surface area contributed by atoms with Gasteiger partial charge in [-0.05, 0) is 18.2 Å². The summed E-state index contributed by atoms with van der Waals surface area (Å²) in [6.45, 7) is 0.256. The summed E-state index contributed by atoms with van der Waals surface area (Å²) in [7, 11) is 0. The van der Waals surface area contributed by atoms with Crippen molar-refractivity contribution in [2.45, 2.75) is 11.6 Å². The van der Waals surface area contributed by atoms with Gasteiger partial charge in [0.15, 0.2) is 17.3 Å². The number of carboxylic acid groups (broad SMARTS) is 1. The average molecular weight is 432 g/mol. The third kappa shape index (κ3) is 2.73. The number of pyridine rings is 2. The van der Waals surface area contributed by atoms with Gasteiger partial charge in [-0.25, -0.2) is 22.9 Å². The van der Waals surface area contributed by atoms with E-state index in [0.717, 1.165) is 29.0 Å². The highest BCUT2D eigenvalue weighted by molar-refractivity contribution is 5.92. The number of β-amino-alcohol motifs (C(OH)–C–C–N with tert-alkyl or cyclic N) is 1. The number of piperidine rings is 1. The Balaban J connectivity index is 1.75. The van der Waals surface area contributed by atoms with Gasteiger partial charge in [-0.3, -0.25) is 9.36 Å². The van der Waals surface area contributed by atoms with Gasteiger partial charge in [0.1, 0.15) is 22.8 Å². The van der Waals surface area contributed by atoms with Gasteiger partial charge in [-0.2, -0.15) is 0 Å². The molecule has 31 heavy (non-hydrogen) atoms.